The molecule has 0 spiro atoms. The zero-order valence-electron chi connectivity index (χ0n) is 12.7. The van der Waals surface area contributed by atoms with E-state index in [-0.39, 0.29) is 17.2 Å². The van der Waals surface area contributed by atoms with Gasteiger partial charge in [-0.1, -0.05) is 12.1 Å². The average Bonchev–Trinajstić information content (AvgIpc) is 2.46. The van der Waals surface area contributed by atoms with Crippen molar-refractivity contribution in [2.45, 2.75) is 13.8 Å². The molecule has 0 aliphatic rings. The number of hydrogen-bond acceptors (Lipinski definition) is 3. The van der Waals surface area contributed by atoms with Crippen LogP contribution in [-0.2, 0) is 4.79 Å². The predicted octanol–water partition coefficient (Wildman–Crippen LogP) is 2.90. The SMILES string of the molecule is CC(=O)Nc1cccc(C(=O)Nc2cc(C)ccc2C(=O)O)c1. The van der Waals surface area contributed by atoms with Gasteiger partial charge < -0.3 is 15.7 Å². The molecule has 0 atom stereocenters. The summed E-state index contributed by atoms with van der Waals surface area (Å²) in [7, 11) is 0. The van der Waals surface area contributed by atoms with Gasteiger partial charge in [0.15, 0.2) is 0 Å². The molecular formula is C17H16N2O4. The molecular weight excluding hydrogens is 296 g/mol. The Kier molecular flexibility index (Phi) is 4.75. The first-order valence-corrected chi connectivity index (χ1v) is 6.90. The summed E-state index contributed by atoms with van der Waals surface area (Å²) in [6.07, 6.45) is 0. The van der Waals surface area contributed by atoms with Gasteiger partial charge in [0, 0.05) is 18.2 Å². The summed E-state index contributed by atoms with van der Waals surface area (Å²) in [6.45, 7) is 3.18. The molecule has 0 bridgehead atoms. The topological polar surface area (TPSA) is 95.5 Å². The number of hydrogen-bond donors (Lipinski definition) is 3. The molecule has 0 aliphatic carbocycles. The molecule has 0 aliphatic heterocycles. The molecule has 23 heavy (non-hydrogen) atoms. The van der Waals surface area contributed by atoms with E-state index in [2.05, 4.69) is 10.6 Å². The van der Waals surface area contributed by atoms with Gasteiger partial charge in [0.1, 0.15) is 0 Å². The fourth-order valence-corrected chi connectivity index (χ4v) is 2.08. The average molecular weight is 312 g/mol. The van der Waals surface area contributed by atoms with Crippen LogP contribution >= 0.6 is 0 Å². The molecule has 0 saturated heterocycles. The summed E-state index contributed by atoms with van der Waals surface area (Å²) in [6, 6.07) is 11.1. The third kappa shape index (κ3) is 4.16. The van der Waals surface area contributed by atoms with Crippen molar-refractivity contribution in [3.05, 3.63) is 59.2 Å². The zero-order valence-corrected chi connectivity index (χ0v) is 12.7. The first-order chi connectivity index (χ1) is 10.9. The van der Waals surface area contributed by atoms with Crippen LogP contribution in [0.4, 0.5) is 11.4 Å². The van der Waals surface area contributed by atoms with Crippen LogP contribution in [0, 0.1) is 6.92 Å². The monoisotopic (exact) mass is 312 g/mol. The van der Waals surface area contributed by atoms with Gasteiger partial charge in [0.05, 0.1) is 11.3 Å². The van der Waals surface area contributed by atoms with Gasteiger partial charge in [0.25, 0.3) is 5.91 Å². The van der Waals surface area contributed by atoms with Crippen LogP contribution in [0.3, 0.4) is 0 Å². The lowest BCUT2D eigenvalue weighted by atomic mass is 10.1. The number of carbonyl (C=O) groups excluding carboxylic acids is 2. The molecule has 0 saturated carbocycles. The molecule has 0 radical (unpaired) electrons. The highest BCUT2D eigenvalue weighted by molar-refractivity contribution is 6.08. The third-order valence-corrected chi connectivity index (χ3v) is 3.10. The lowest BCUT2D eigenvalue weighted by molar-refractivity contribution is -0.114. The normalized spacial score (nSPS) is 10.0. The van der Waals surface area contributed by atoms with Crippen LogP contribution in [0.1, 0.15) is 33.2 Å². The van der Waals surface area contributed by atoms with Crippen molar-refractivity contribution in [2.24, 2.45) is 0 Å². The number of anilines is 2. The van der Waals surface area contributed by atoms with Crippen LogP contribution in [0.2, 0.25) is 0 Å². The number of aryl methyl sites for hydroxylation is 1. The van der Waals surface area contributed by atoms with Crippen molar-refractivity contribution in [3.8, 4) is 0 Å². The molecule has 0 heterocycles. The molecule has 6 heteroatoms. The summed E-state index contributed by atoms with van der Waals surface area (Å²) < 4.78 is 0. The molecule has 0 unspecified atom stereocenters. The lowest BCUT2D eigenvalue weighted by Gasteiger charge is -2.10. The Morgan fingerprint density at radius 3 is 2.39 bits per heavy atom. The van der Waals surface area contributed by atoms with Crippen molar-refractivity contribution in [1.29, 1.82) is 0 Å². The van der Waals surface area contributed by atoms with Crippen molar-refractivity contribution < 1.29 is 19.5 Å². The van der Waals surface area contributed by atoms with Crippen LogP contribution < -0.4 is 10.6 Å². The number of carboxylic acid groups (broad SMARTS) is 1. The van der Waals surface area contributed by atoms with E-state index in [1.54, 1.807) is 37.3 Å². The van der Waals surface area contributed by atoms with Gasteiger partial charge in [0.2, 0.25) is 5.91 Å². The molecule has 118 valence electrons. The molecule has 2 rings (SSSR count). The Hall–Kier alpha value is -3.15. The molecule has 2 aromatic rings. The number of benzene rings is 2. The number of rotatable bonds is 4. The fourth-order valence-electron chi connectivity index (χ4n) is 2.08. The highest BCUT2D eigenvalue weighted by Crippen LogP contribution is 2.19. The summed E-state index contributed by atoms with van der Waals surface area (Å²) >= 11 is 0. The van der Waals surface area contributed by atoms with Crippen molar-refractivity contribution in [3.63, 3.8) is 0 Å². The van der Waals surface area contributed by atoms with Gasteiger partial charge >= 0.3 is 5.97 Å². The molecule has 0 fully saturated rings. The maximum atomic E-state index is 12.3. The van der Waals surface area contributed by atoms with Crippen LogP contribution in [-0.4, -0.2) is 22.9 Å². The van der Waals surface area contributed by atoms with E-state index >= 15 is 0 Å². The quantitative estimate of drug-likeness (QED) is 0.809. The fraction of sp³-hybridized carbons (Fsp3) is 0.118. The second kappa shape index (κ2) is 6.74. The largest absolute Gasteiger partial charge is 0.478 e. The van der Waals surface area contributed by atoms with E-state index < -0.39 is 11.9 Å². The third-order valence-electron chi connectivity index (χ3n) is 3.10. The molecule has 3 N–H and O–H groups in total. The molecule has 2 amide bonds. The maximum Gasteiger partial charge on any atom is 0.337 e. The van der Waals surface area contributed by atoms with Crippen molar-refractivity contribution >= 4 is 29.2 Å². The molecule has 0 aromatic heterocycles. The minimum Gasteiger partial charge on any atom is -0.478 e. The van der Waals surface area contributed by atoms with E-state index in [1.165, 1.54) is 19.1 Å². The zero-order chi connectivity index (χ0) is 17.0. The van der Waals surface area contributed by atoms with Gasteiger partial charge in [-0.2, -0.15) is 0 Å². The first-order valence-electron chi connectivity index (χ1n) is 6.90. The Balaban J connectivity index is 2.27. The molecule has 6 nitrogen and oxygen atoms in total. The standard InChI is InChI=1S/C17H16N2O4/c1-10-6-7-14(17(22)23)15(8-10)19-16(21)12-4-3-5-13(9-12)18-11(2)20/h3-9H,1-2H3,(H,18,20)(H,19,21)(H,22,23). The van der Waals surface area contributed by atoms with E-state index in [1.807, 2.05) is 0 Å². The predicted molar refractivity (Wildman–Crippen MR) is 86.8 cm³/mol. The Bertz CT molecular complexity index is 784. The number of carboxylic acids is 1. The van der Waals surface area contributed by atoms with Gasteiger partial charge in [-0.25, -0.2) is 4.79 Å². The second-order valence-corrected chi connectivity index (χ2v) is 5.07. The Morgan fingerprint density at radius 2 is 1.74 bits per heavy atom. The smallest absolute Gasteiger partial charge is 0.337 e. The number of amides is 2. The highest BCUT2D eigenvalue weighted by Gasteiger charge is 2.14. The highest BCUT2D eigenvalue weighted by atomic mass is 16.4. The minimum atomic E-state index is -1.12. The summed E-state index contributed by atoms with van der Waals surface area (Å²) in [5, 5.41) is 14.4. The maximum absolute atomic E-state index is 12.3. The van der Waals surface area contributed by atoms with E-state index in [0.717, 1.165) is 5.56 Å². The number of aromatic carboxylic acids is 1. The van der Waals surface area contributed by atoms with E-state index in [9.17, 15) is 19.5 Å². The molecule has 2 aromatic carbocycles. The summed E-state index contributed by atoms with van der Waals surface area (Å²) in [5.41, 5.74) is 1.88. The minimum absolute atomic E-state index is 0.0157. The second-order valence-electron chi connectivity index (χ2n) is 5.07. The van der Waals surface area contributed by atoms with E-state index in [0.29, 0.717) is 11.3 Å². The van der Waals surface area contributed by atoms with Crippen molar-refractivity contribution in [1.82, 2.24) is 0 Å². The van der Waals surface area contributed by atoms with Gasteiger partial charge in [-0.05, 0) is 42.8 Å². The Labute approximate surface area is 133 Å². The summed E-state index contributed by atoms with van der Waals surface area (Å²) in [4.78, 5) is 34.6. The number of nitrogens with one attached hydrogen (secondary N) is 2. The van der Waals surface area contributed by atoms with Crippen LogP contribution in [0.15, 0.2) is 42.5 Å². The van der Waals surface area contributed by atoms with Gasteiger partial charge in [-0.3, -0.25) is 9.59 Å². The van der Waals surface area contributed by atoms with E-state index in [4.69, 9.17) is 0 Å². The lowest BCUT2D eigenvalue weighted by Crippen LogP contribution is -2.15. The van der Waals surface area contributed by atoms with Crippen LogP contribution in [0.25, 0.3) is 0 Å². The first kappa shape index (κ1) is 16.2. The number of carbonyl (C=O) groups is 3. The summed E-state index contributed by atoms with van der Waals surface area (Å²) in [5.74, 6) is -1.81. The van der Waals surface area contributed by atoms with Crippen LogP contribution in [0.5, 0.6) is 0 Å². The van der Waals surface area contributed by atoms with Crippen molar-refractivity contribution in [2.75, 3.05) is 10.6 Å². The Morgan fingerprint density at radius 1 is 1.00 bits per heavy atom. The van der Waals surface area contributed by atoms with Gasteiger partial charge in [-0.15, -0.1) is 0 Å².